The molecular weight excluding hydrogens is 262 g/mol. The van der Waals surface area contributed by atoms with Gasteiger partial charge >= 0.3 is 5.97 Å². The molecule has 1 aromatic carbocycles. The fraction of sp³-hybridized carbons (Fsp3) is 0.429. The summed E-state index contributed by atoms with van der Waals surface area (Å²) in [4.78, 5) is 21.6. The van der Waals surface area contributed by atoms with Gasteiger partial charge in [0.2, 0.25) is 5.91 Å². The Morgan fingerprint density at radius 3 is 2.40 bits per heavy atom. The number of amides is 1. The number of carbonyl (C=O) groups excluding carboxylic acids is 1. The predicted molar refractivity (Wildman–Crippen MR) is 73.0 cm³/mol. The van der Waals surface area contributed by atoms with Crippen LogP contribution in [-0.2, 0) is 9.59 Å². The zero-order chi connectivity index (χ0) is 14.8. The molecule has 0 heterocycles. The van der Waals surface area contributed by atoms with E-state index in [1.165, 1.54) is 0 Å². The summed E-state index contributed by atoms with van der Waals surface area (Å²) in [7, 11) is 1.59. The van der Waals surface area contributed by atoms with Gasteiger partial charge in [-0.3, -0.25) is 9.59 Å². The first-order valence-electron chi connectivity index (χ1n) is 6.37. The van der Waals surface area contributed by atoms with E-state index in [0.717, 1.165) is 5.75 Å². The second-order valence-electron chi connectivity index (χ2n) is 4.12. The number of nitrogens with one attached hydrogen (secondary N) is 1. The third kappa shape index (κ3) is 6.63. The molecule has 20 heavy (non-hydrogen) atoms. The molecule has 110 valence electrons. The molecule has 0 saturated heterocycles. The van der Waals surface area contributed by atoms with Crippen LogP contribution in [0.1, 0.15) is 19.3 Å². The van der Waals surface area contributed by atoms with Gasteiger partial charge in [0.05, 0.1) is 13.7 Å². The Morgan fingerprint density at radius 2 is 1.80 bits per heavy atom. The summed E-state index contributed by atoms with van der Waals surface area (Å²) in [6.07, 6.45) is 0.575. The molecule has 0 saturated carbocycles. The van der Waals surface area contributed by atoms with Crippen LogP contribution in [0.5, 0.6) is 11.5 Å². The minimum absolute atomic E-state index is 0.00969. The standard InChI is InChI=1S/C14H19NO5/c1-19-11-5-7-12(8-6-11)20-10-9-15-13(16)3-2-4-14(17)18/h5-8H,2-4,9-10H2,1H3,(H,15,16)(H,17,18). The van der Waals surface area contributed by atoms with Gasteiger partial charge in [-0.1, -0.05) is 0 Å². The lowest BCUT2D eigenvalue weighted by Crippen LogP contribution is -2.27. The smallest absolute Gasteiger partial charge is 0.303 e. The summed E-state index contributed by atoms with van der Waals surface area (Å²) in [5, 5.41) is 11.1. The SMILES string of the molecule is COc1ccc(OCCNC(=O)CCCC(=O)O)cc1. The number of carbonyl (C=O) groups is 2. The van der Waals surface area contributed by atoms with Crippen molar-refractivity contribution in [2.24, 2.45) is 0 Å². The maximum absolute atomic E-state index is 11.3. The van der Waals surface area contributed by atoms with Gasteiger partial charge in [0.1, 0.15) is 18.1 Å². The first-order valence-corrected chi connectivity index (χ1v) is 6.37. The molecule has 1 aromatic rings. The Hall–Kier alpha value is -2.24. The zero-order valence-corrected chi connectivity index (χ0v) is 11.4. The number of ether oxygens (including phenoxy) is 2. The average Bonchev–Trinajstić information content (AvgIpc) is 2.44. The number of rotatable bonds is 9. The first-order chi connectivity index (χ1) is 9.61. The van der Waals surface area contributed by atoms with Crippen molar-refractivity contribution in [3.8, 4) is 11.5 Å². The van der Waals surface area contributed by atoms with E-state index in [0.29, 0.717) is 25.3 Å². The lowest BCUT2D eigenvalue weighted by Gasteiger charge is -2.08. The third-order valence-corrected chi connectivity index (χ3v) is 2.55. The summed E-state index contributed by atoms with van der Waals surface area (Å²) in [6, 6.07) is 7.15. The van der Waals surface area contributed by atoms with Gasteiger partial charge in [0.25, 0.3) is 0 Å². The van der Waals surface area contributed by atoms with Crippen LogP contribution in [0.2, 0.25) is 0 Å². The molecule has 0 bridgehead atoms. The monoisotopic (exact) mass is 281 g/mol. The molecular formula is C14H19NO5. The molecule has 0 radical (unpaired) electrons. The van der Waals surface area contributed by atoms with Crippen LogP contribution < -0.4 is 14.8 Å². The number of methoxy groups -OCH3 is 1. The number of hydrogen-bond acceptors (Lipinski definition) is 4. The molecule has 1 amide bonds. The molecule has 0 aromatic heterocycles. The average molecular weight is 281 g/mol. The van der Waals surface area contributed by atoms with Crippen LogP contribution in [0, 0.1) is 0 Å². The first kappa shape index (κ1) is 15.8. The summed E-state index contributed by atoms with van der Waals surface area (Å²) in [5.74, 6) is 0.403. The summed E-state index contributed by atoms with van der Waals surface area (Å²) >= 11 is 0. The highest BCUT2D eigenvalue weighted by molar-refractivity contribution is 5.76. The van der Waals surface area contributed by atoms with E-state index in [2.05, 4.69) is 5.32 Å². The minimum Gasteiger partial charge on any atom is -0.497 e. The summed E-state index contributed by atoms with van der Waals surface area (Å²) in [6.45, 7) is 0.745. The van der Waals surface area contributed by atoms with Crippen molar-refractivity contribution in [2.45, 2.75) is 19.3 Å². The number of hydrogen-bond donors (Lipinski definition) is 2. The van der Waals surface area contributed by atoms with Crippen LogP contribution in [0.15, 0.2) is 24.3 Å². The third-order valence-electron chi connectivity index (χ3n) is 2.55. The van der Waals surface area contributed by atoms with Crippen molar-refractivity contribution < 1.29 is 24.2 Å². The molecule has 0 spiro atoms. The lowest BCUT2D eigenvalue weighted by molar-refractivity contribution is -0.137. The highest BCUT2D eigenvalue weighted by atomic mass is 16.5. The van der Waals surface area contributed by atoms with Gasteiger partial charge in [0.15, 0.2) is 0 Å². The molecule has 6 nitrogen and oxygen atoms in total. The second kappa shape index (κ2) is 8.79. The van der Waals surface area contributed by atoms with Crippen molar-refractivity contribution in [3.05, 3.63) is 24.3 Å². The predicted octanol–water partition coefficient (Wildman–Crippen LogP) is 1.45. The Balaban J connectivity index is 2.11. The normalized spacial score (nSPS) is 9.85. The molecule has 0 aliphatic rings. The molecule has 0 aliphatic carbocycles. The van der Waals surface area contributed by atoms with Crippen LogP contribution in [0.25, 0.3) is 0 Å². The zero-order valence-electron chi connectivity index (χ0n) is 11.4. The van der Waals surface area contributed by atoms with E-state index in [-0.39, 0.29) is 18.7 Å². The molecule has 1 rings (SSSR count). The van der Waals surface area contributed by atoms with Gasteiger partial charge < -0.3 is 19.9 Å². The van der Waals surface area contributed by atoms with Gasteiger partial charge in [-0.15, -0.1) is 0 Å². The van der Waals surface area contributed by atoms with Crippen molar-refractivity contribution in [1.82, 2.24) is 5.32 Å². The van der Waals surface area contributed by atoms with E-state index < -0.39 is 5.97 Å². The summed E-state index contributed by atoms with van der Waals surface area (Å²) in [5.41, 5.74) is 0. The van der Waals surface area contributed by atoms with Crippen LogP contribution in [0.3, 0.4) is 0 Å². The number of carboxylic acids is 1. The molecule has 0 unspecified atom stereocenters. The topological polar surface area (TPSA) is 84.9 Å². The van der Waals surface area contributed by atoms with Crippen molar-refractivity contribution in [3.63, 3.8) is 0 Å². The highest BCUT2D eigenvalue weighted by Crippen LogP contribution is 2.16. The lowest BCUT2D eigenvalue weighted by atomic mass is 10.2. The molecule has 2 N–H and O–H groups in total. The number of carboxylic acid groups (broad SMARTS) is 1. The number of aliphatic carboxylic acids is 1. The van der Waals surface area contributed by atoms with Gasteiger partial charge in [-0.05, 0) is 30.7 Å². The van der Waals surface area contributed by atoms with Crippen molar-refractivity contribution in [2.75, 3.05) is 20.3 Å². The quantitative estimate of drug-likeness (QED) is 0.669. The Morgan fingerprint density at radius 1 is 1.15 bits per heavy atom. The van der Waals surface area contributed by atoms with Gasteiger partial charge in [-0.2, -0.15) is 0 Å². The molecule has 0 aliphatic heterocycles. The minimum atomic E-state index is -0.888. The molecule has 6 heteroatoms. The van der Waals surface area contributed by atoms with Gasteiger partial charge in [-0.25, -0.2) is 0 Å². The fourth-order valence-electron chi connectivity index (χ4n) is 1.52. The fourth-order valence-corrected chi connectivity index (χ4v) is 1.52. The van der Waals surface area contributed by atoms with Crippen molar-refractivity contribution >= 4 is 11.9 Å². The van der Waals surface area contributed by atoms with E-state index >= 15 is 0 Å². The Kier molecular flexibility index (Phi) is 6.95. The van der Waals surface area contributed by atoms with Crippen molar-refractivity contribution in [1.29, 1.82) is 0 Å². The van der Waals surface area contributed by atoms with E-state index in [1.807, 2.05) is 0 Å². The molecule has 0 fully saturated rings. The van der Waals surface area contributed by atoms with E-state index in [9.17, 15) is 9.59 Å². The van der Waals surface area contributed by atoms with E-state index in [4.69, 9.17) is 14.6 Å². The van der Waals surface area contributed by atoms with Crippen LogP contribution >= 0.6 is 0 Å². The largest absolute Gasteiger partial charge is 0.497 e. The Bertz CT molecular complexity index is 430. The molecule has 0 atom stereocenters. The highest BCUT2D eigenvalue weighted by Gasteiger charge is 2.03. The van der Waals surface area contributed by atoms with Crippen LogP contribution in [0.4, 0.5) is 0 Å². The van der Waals surface area contributed by atoms with Gasteiger partial charge in [0, 0.05) is 12.8 Å². The maximum atomic E-state index is 11.3. The Labute approximate surface area is 117 Å². The second-order valence-corrected chi connectivity index (χ2v) is 4.12. The maximum Gasteiger partial charge on any atom is 0.303 e. The number of benzene rings is 1. The summed E-state index contributed by atoms with van der Waals surface area (Å²) < 4.78 is 10.5. The van der Waals surface area contributed by atoms with E-state index in [1.54, 1.807) is 31.4 Å². The van der Waals surface area contributed by atoms with Crippen LogP contribution in [-0.4, -0.2) is 37.2 Å².